The van der Waals surface area contributed by atoms with E-state index >= 15 is 0 Å². The van der Waals surface area contributed by atoms with Gasteiger partial charge >= 0.3 is 50.5 Å². The zero-order valence-corrected chi connectivity index (χ0v) is 12.8. The Kier molecular flexibility index (Phi) is 9.33. The number of rotatable bonds is 1. The number of halogens is 3. The van der Waals surface area contributed by atoms with Crippen LogP contribution in [0.5, 0.6) is 11.5 Å². The molecule has 1 aromatic rings. The third kappa shape index (κ3) is 6.52. The van der Waals surface area contributed by atoms with Crippen molar-refractivity contribution >= 4 is 37.2 Å². The molecular weight excluding hydrogens is 497 g/mol. The molecule has 0 bridgehead atoms. The minimum absolute atomic E-state index is 0.231. The second-order valence-corrected chi connectivity index (χ2v) is 18.0. The molecule has 0 atom stereocenters. The first-order chi connectivity index (χ1) is 5.74. The summed E-state index contributed by atoms with van der Waals surface area (Å²) in [6.07, 6.45) is 0. The fraction of sp³-hybridized carbons (Fsp3) is 0.143. The van der Waals surface area contributed by atoms with Gasteiger partial charge in [-0.3, -0.25) is 0 Å². The summed E-state index contributed by atoms with van der Waals surface area (Å²) in [5.41, 5.74) is 0. The Morgan fingerprint density at radius 2 is 2.00 bits per heavy atom. The Morgan fingerprint density at radius 1 is 1.42 bits per heavy atom. The summed E-state index contributed by atoms with van der Waals surface area (Å²) in [5.74, 6) is 0.907. The molecular formula is C7H8I3O2-. The normalized spacial score (nSPS) is 8.58. The van der Waals surface area contributed by atoms with Crippen LogP contribution in [0.3, 0.4) is 0 Å². The molecule has 12 heavy (non-hydrogen) atoms. The van der Waals surface area contributed by atoms with Crippen LogP contribution < -0.4 is 18.0 Å². The maximum absolute atomic E-state index is 8.86. The van der Waals surface area contributed by atoms with Crippen molar-refractivity contribution in [2.24, 2.45) is 0 Å². The molecule has 2 nitrogen and oxygen atoms in total. The van der Waals surface area contributed by atoms with Gasteiger partial charge in [0.25, 0.3) is 0 Å². The quantitative estimate of drug-likeness (QED) is 0.553. The fourth-order valence-corrected chi connectivity index (χ4v) is 0.610. The van der Waals surface area contributed by atoms with Gasteiger partial charge in [-0.05, 0) is 12.1 Å². The molecule has 0 saturated carbocycles. The predicted molar refractivity (Wildman–Crippen MR) is 62.7 cm³/mol. The van der Waals surface area contributed by atoms with Crippen molar-refractivity contribution in [1.82, 2.24) is 0 Å². The summed E-state index contributed by atoms with van der Waals surface area (Å²) in [6.45, 7) is 0. The molecule has 0 spiro atoms. The van der Waals surface area contributed by atoms with E-state index in [2.05, 4.69) is 37.2 Å². The van der Waals surface area contributed by atoms with E-state index in [1.54, 1.807) is 31.4 Å². The van der Waals surface area contributed by atoms with E-state index in [0.717, 1.165) is 0 Å². The van der Waals surface area contributed by atoms with Crippen LogP contribution in [-0.2, 0) is 0 Å². The molecule has 1 rings (SSSR count). The Labute approximate surface area is 102 Å². The molecule has 0 saturated heterocycles. The van der Waals surface area contributed by atoms with Crippen molar-refractivity contribution in [3.8, 4) is 11.5 Å². The van der Waals surface area contributed by atoms with E-state index in [0.29, 0.717) is 19.0 Å². The predicted octanol–water partition coefficient (Wildman–Crippen LogP) is 0.176. The van der Waals surface area contributed by atoms with Gasteiger partial charge in [0.05, 0.1) is 7.11 Å². The summed E-state index contributed by atoms with van der Waals surface area (Å²) >= 11 is 5.30. The van der Waals surface area contributed by atoms with Crippen LogP contribution in [0.4, 0.5) is 0 Å². The van der Waals surface area contributed by atoms with Gasteiger partial charge in [-0.2, -0.15) is 0 Å². The molecule has 5 heteroatoms. The maximum atomic E-state index is 8.86. The SMILES string of the molecule is COc1cccc(O)c1.I[I-]I. The number of ether oxygens (including phenoxy) is 1. The Balaban J connectivity index is 0.000000354. The molecule has 0 heterocycles. The van der Waals surface area contributed by atoms with Crippen LogP contribution in [0.25, 0.3) is 0 Å². The minimum atomic E-state index is 0.231. The van der Waals surface area contributed by atoms with E-state index in [1.165, 1.54) is 0 Å². The average Bonchev–Trinajstić information content (AvgIpc) is 2.06. The number of hydrogen-bond donors (Lipinski definition) is 1. The monoisotopic (exact) mass is 505 g/mol. The standard InChI is InChI=1S/C7H8O2.I3/c1-9-7-4-2-3-6(8)5-7;1-3-2/h2-5,8H,1H3;/q;-1. The molecule has 0 radical (unpaired) electrons. The number of benzene rings is 1. The van der Waals surface area contributed by atoms with Crippen LogP contribution in [-0.4, -0.2) is 12.2 Å². The third-order valence-electron chi connectivity index (χ3n) is 1.05. The van der Waals surface area contributed by atoms with Gasteiger partial charge in [-0.1, -0.05) is 6.07 Å². The van der Waals surface area contributed by atoms with Gasteiger partial charge in [0.2, 0.25) is 0 Å². The van der Waals surface area contributed by atoms with E-state index < -0.39 is 0 Å². The molecule has 0 fully saturated rings. The Bertz CT molecular complexity index is 218. The van der Waals surface area contributed by atoms with Gasteiger partial charge in [0, 0.05) is 6.07 Å². The second kappa shape index (κ2) is 8.60. The number of phenols is 1. The Hall–Kier alpha value is 1.01. The van der Waals surface area contributed by atoms with Gasteiger partial charge in [-0.15, -0.1) is 0 Å². The molecule has 0 aliphatic carbocycles. The van der Waals surface area contributed by atoms with Crippen molar-refractivity contribution in [1.29, 1.82) is 0 Å². The van der Waals surface area contributed by atoms with Crippen molar-refractivity contribution in [2.45, 2.75) is 0 Å². The first-order valence-electron chi connectivity index (χ1n) is 2.94. The van der Waals surface area contributed by atoms with Gasteiger partial charge in [0.15, 0.2) is 0 Å². The topological polar surface area (TPSA) is 29.5 Å². The molecule has 1 aromatic carbocycles. The van der Waals surface area contributed by atoms with Crippen molar-refractivity contribution in [3.05, 3.63) is 24.3 Å². The zero-order chi connectivity index (χ0) is 9.40. The van der Waals surface area contributed by atoms with E-state index in [9.17, 15) is 0 Å². The number of phenolic OH excluding ortho intramolecular Hbond substituents is 1. The van der Waals surface area contributed by atoms with Crippen LogP contribution >= 0.6 is 37.2 Å². The summed E-state index contributed by atoms with van der Waals surface area (Å²) in [4.78, 5) is 0. The van der Waals surface area contributed by atoms with Gasteiger partial charge in [-0.25, -0.2) is 0 Å². The molecule has 1 N–H and O–H groups in total. The summed E-state index contributed by atoms with van der Waals surface area (Å²) in [6, 6.07) is 6.66. The first kappa shape index (κ1) is 13.0. The van der Waals surface area contributed by atoms with Gasteiger partial charge < -0.3 is 9.84 Å². The van der Waals surface area contributed by atoms with Crippen LogP contribution in [0.15, 0.2) is 24.3 Å². The Morgan fingerprint density at radius 3 is 2.33 bits per heavy atom. The second-order valence-electron chi connectivity index (χ2n) is 1.76. The van der Waals surface area contributed by atoms with E-state index in [4.69, 9.17) is 9.84 Å². The summed E-state index contributed by atoms with van der Waals surface area (Å²) < 4.78 is 4.84. The molecule has 0 aromatic heterocycles. The van der Waals surface area contributed by atoms with E-state index in [1.807, 2.05) is 0 Å². The molecule has 0 aliphatic rings. The summed E-state index contributed by atoms with van der Waals surface area (Å²) in [5, 5.41) is 8.86. The molecule has 0 aliphatic heterocycles. The number of hydrogen-bond acceptors (Lipinski definition) is 2. The van der Waals surface area contributed by atoms with Crippen molar-refractivity contribution in [2.75, 3.05) is 7.11 Å². The molecule has 70 valence electrons. The van der Waals surface area contributed by atoms with E-state index in [-0.39, 0.29) is 5.75 Å². The number of methoxy groups -OCH3 is 1. The van der Waals surface area contributed by atoms with Crippen LogP contribution in [0.2, 0.25) is 0 Å². The van der Waals surface area contributed by atoms with Crippen molar-refractivity contribution in [3.63, 3.8) is 0 Å². The summed E-state index contributed by atoms with van der Waals surface area (Å²) in [7, 11) is 1.56. The number of aromatic hydroxyl groups is 1. The van der Waals surface area contributed by atoms with Crippen LogP contribution in [0.1, 0.15) is 0 Å². The molecule has 0 unspecified atom stereocenters. The average molecular weight is 505 g/mol. The first-order valence-corrected chi connectivity index (χ1v) is 15.5. The van der Waals surface area contributed by atoms with Crippen LogP contribution in [0, 0.1) is 0 Å². The van der Waals surface area contributed by atoms with Gasteiger partial charge in [0.1, 0.15) is 11.5 Å². The zero-order valence-electron chi connectivity index (χ0n) is 6.30. The third-order valence-corrected chi connectivity index (χ3v) is 1.05. The van der Waals surface area contributed by atoms with Crippen molar-refractivity contribution < 1.29 is 23.1 Å². The fourth-order valence-electron chi connectivity index (χ4n) is 0.610. The molecule has 0 amide bonds.